The van der Waals surface area contributed by atoms with E-state index in [1.807, 2.05) is 7.05 Å². The van der Waals surface area contributed by atoms with Crippen LogP contribution in [0.15, 0.2) is 4.99 Å². The van der Waals surface area contributed by atoms with Crippen LogP contribution in [-0.4, -0.2) is 62.2 Å². The molecule has 2 saturated heterocycles. The molecular formula is C8H15N3O. The summed E-state index contributed by atoms with van der Waals surface area (Å²) in [7, 11) is 5.95. The molecule has 0 aromatic rings. The van der Waals surface area contributed by atoms with E-state index >= 15 is 0 Å². The molecule has 0 saturated carbocycles. The molecule has 0 spiro atoms. The minimum absolute atomic E-state index is 0.332. The van der Waals surface area contributed by atoms with E-state index in [2.05, 4.69) is 21.8 Å². The Balaban J connectivity index is 2.13. The highest BCUT2D eigenvalue weighted by Gasteiger charge is 2.43. The lowest BCUT2D eigenvalue weighted by atomic mass is 10.2. The minimum Gasteiger partial charge on any atom is -0.458 e. The zero-order chi connectivity index (χ0) is 8.72. The predicted molar refractivity (Wildman–Crippen MR) is 47.3 cm³/mol. The van der Waals surface area contributed by atoms with Gasteiger partial charge >= 0.3 is 0 Å². The lowest BCUT2D eigenvalue weighted by Gasteiger charge is -2.17. The Labute approximate surface area is 72.8 Å². The number of likely N-dealkylation sites (N-methyl/N-ethyl adjacent to an activating group) is 2. The minimum atomic E-state index is 0.332. The van der Waals surface area contributed by atoms with Gasteiger partial charge in [0.15, 0.2) is 0 Å². The highest BCUT2D eigenvalue weighted by Crippen LogP contribution is 2.24. The molecule has 0 radical (unpaired) electrons. The fourth-order valence-corrected chi connectivity index (χ4v) is 2.00. The number of hydrogen-bond donors (Lipinski definition) is 0. The van der Waals surface area contributed by atoms with Gasteiger partial charge in [0.1, 0.15) is 6.10 Å². The average molecular weight is 169 g/mol. The fraction of sp³-hybridized carbons (Fsp3) is 0.875. The van der Waals surface area contributed by atoms with E-state index in [1.165, 1.54) is 0 Å². The topological polar surface area (TPSA) is 28.1 Å². The highest BCUT2D eigenvalue weighted by molar-refractivity contribution is 5.76. The van der Waals surface area contributed by atoms with Crippen LogP contribution in [0.1, 0.15) is 0 Å². The first-order valence-electron chi connectivity index (χ1n) is 4.27. The molecule has 2 unspecified atom stereocenters. The van der Waals surface area contributed by atoms with Crippen LogP contribution in [0, 0.1) is 0 Å². The third kappa shape index (κ3) is 0.982. The molecule has 68 valence electrons. The van der Waals surface area contributed by atoms with Gasteiger partial charge in [0.25, 0.3) is 6.02 Å². The quantitative estimate of drug-likeness (QED) is 0.494. The van der Waals surface area contributed by atoms with Crippen LogP contribution in [0.2, 0.25) is 0 Å². The summed E-state index contributed by atoms with van der Waals surface area (Å²) in [6.45, 7) is 2.11. The molecule has 2 atom stereocenters. The summed E-state index contributed by atoms with van der Waals surface area (Å²) in [6.07, 6.45) is 0.332. The van der Waals surface area contributed by atoms with Crippen molar-refractivity contribution in [1.29, 1.82) is 0 Å². The fourth-order valence-electron chi connectivity index (χ4n) is 2.00. The first-order chi connectivity index (χ1) is 5.72. The van der Waals surface area contributed by atoms with Crippen LogP contribution >= 0.6 is 0 Å². The number of ether oxygens (including phenoxy) is 1. The van der Waals surface area contributed by atoms with Crippen molar-refractivity contribution >= 4 is 6.02 Å². The number of likely N-dealkylation sites (tertiary alicyclic amines) is 1. The van der Waals surface area contributed by atoms with Crippen molar-refractivity contribution in [2.45, 2.75) is 12.1 Å². The molecule has 4 heteroatoms. The second-order valence-corrected chi connectivity index (χ2v) is 3.56. The van der Waals surface area contributed by atoms with E-state index in [9.17, 15) is 0 Å². The van der Waals surface area contributed by atoms with Crippen LogP contribution in [0.3, 0.4) is 0 Å². The second-order valence-electron chi connectivity index (χ2n) is 3.56. The molecular weight excluding hydrogens is 154 g/mol. The van der Waals surface area contributed by atoms with Crippen molar-refractivity contribution in [2.24, 2.45) is 4.99 Å². The molecule has 2 fully saturated rings. The van der Waals surface area contributed by atoms with Crippen LogP contribution < -0.4 is 0 Å². The lowest BCUT2D eigenvalue weighted by molar-refractivity contribution is 0.213. The van der Waals surface area contributed by atoms with Gasteiger partial charge < -0.3 is 14.5 Å². The normalized spacial score (nSPS) is 38.9. The van der Waals surface area contributed by atoms with Crippen LogP contribution in [0.25, 0.3) is 0 Å². The Morgan fingerprint density at radius 3 is 2.75 bits per heavy atom. The van der Waals surface area contributed by atoms with Crippen molar-refractivity contribution in [3.05, 3.63) is 0 Å². The molecule has 2 aliphatic rings. The average Bonchev–Trinajstić information content (AvgIpc) is 2.51. The standard InChI is InChI=1S/C8H15N3O/c1-9-8-11(3)6-4-10(2)5-7(6)12-8/h6-7H,4-5H2,1-3H3/b9-8-. The summed E-state index contributed by atoms with van der Waals surface area (Å²) in [6, 6.07) is 1.30. The zero-order valence-corrected chi connectivity index (χ0v) is 7.82. The molecule has 2 heterocycles. The third-order valence-corrected chi connectivity index (χ3v) is 2.67. The number of nitrogens with zero attached hydrogens (tertiary/aromatic N) is 3. The lowest BCUT2D eigenvalue weighted by Crippen LogP contribution is -2.34. The Morgan fingerprint density at radius 1 is 1.42 bits per heavy atom. The van der Waals surface area contributed by atoms with E-state index in [4.69, 9.17) is 4.74 Å². The summed E-state index contributed by atoms with van der Waals surface area (Å²) >= 11 is 0. The van der Waals surface area contributed by atoms with Gasteiger partial charge in [0.2, 0.25) is 0 Å². The van der Waals surface area contributed by atoms with Crippen molar-refractivity contribution in [3.8, 4) is 0 Å². The van der Waals surface area contributed by atoms with Gasteiger partial charge in [-0.3, -0.25) is 0 Å². The van der Waals surface area contributed by atoms with E-state index in [1.54, 1.807) is 7.05 Å². The molecule has 0 aliphatic carbocycles. The van der Waals surface area contributed by atoms with Crippen molar-refractivity contribution in [3.63, 3.8) is 0 Å². The van der Waals surface area contributed by atoms with E-state index in [0.29, 0.717) is 12.1 Å². The first kappa shape index (κ1) is 7.86. The first-order valence-corrected chi connectivity index (χ1v) is 4.27. The molecule has 2 aliphatic heterocycles. The molecule has 0 amide bonds. The monoisotopic (exact) mass is 169 g/mol. The molecule has 4 nitrogen and oxygen atoms in total. The maximum absolute atomic E-state index is 5.65. The summed E-state index contributed by atoms with van der Waals surface area (Å²) < 4.78 is 5.65. The van der Waals surface area contributed by atoms with Gasteiger partial charge in [0.05, 0.1) is 6.04 Å². The van der Waals surface area contributed by atoms with Crippen LogP contribution in [-0.2, 0) is 4.74 Å². The number of aliphatic imine (C=N–C) groups is 1. The number of amidine groups is 1. The van der Waals surface area contributed by atoms with Crippen molar-refractivity contribution in [2.75, 3.05) is 34.2 Å². The Bertz CT molecular complexity index is 216. The zero-order valence-electron chi connectivity index (χ0n) is 7.82. The second kappa shape index (κ2) is 2.62. The van der Waals surface area contributed by atoms with Gasteiger partial charge in [0, 0.05) is 27.2 Å². The molecule has 0 aromatic carbocycles. The summed E-state index contributed by atoms with van der Waals surface area (Å²) in [5.41, 5.74) is 0. The van der Waals surface area contributed by atoms with Crippen molar-refractivity contribution in [1.82, 2.24) is 9.80 Å². The van der Waals surface area contributed by atoms with Gasteiger partial charge in [-0.1, -0.05) is 0 Å². The smallest absolute Gasteiger partial charge is 0.287 e. The highest BCUT2D eigenvalue weighted by atomic mass is 16.5. The van der Waals surface area contributed by atoms with Crippen LogP contribution in [0.5, 0.6) is 0 Å². The summed E-state index contributed by atoms with van der Waals surface area (Å²) in [5.74, 6) is 0. The number of fused-ring (bicyclic) bond motifs is 1. The molecule has 2 rings (SSSR count). The predicted octanol–water partition coefficient (Wildman–Crippen LogP) is -0.383. The molecule has 0 N–H and O–H groups in total. The van der Waals surface area contributed by atoms with Crippen LogP contribution in [0.4, 0.5) is 0 Å². The maximum Gasteiger partial charge on any atom is 0.287 e. The van der Waals surface area contributed by atoms with Gasteiger partial charge in [-0.05, 0) is 7.05 Å². The maximum atomic E-state index is 5.65. The Morgan fingerprint density at radius 2 is 2.17 bits per heavy atom. The van der Waals surface area contributed by atoms with Gasteiger partial charge in [-0.2, -0.15) is 0 Å². The summed E-state index contributed by atoms with van der Waals surface area (Å²) in [4.78, 5) is 8.50. The van der Waals surface area contributed by atoms with E-state index in [0.717, 1.165) is 19.1 Å². The Kier molecular flexibility index (Phi) is 1.72. The largest absolute Gasteiger partial charge is 0.458 e. The number of hydrogen-bond acceptors (Lipinski definition) is 3. The van der Waals surface area contributed by atoms with E-state index in [-0.39, 0.29) is 0 Å². The van der Waals surface area contributed by atoms with Gasteiger partial charge in [-0.25, -0.2) is 4.99 Å². The molecule has 12 heavy (non-hydrogen) atoms. The van der Waals surface area contributed by atoms with Crippen molar-refractivity contribution < 1.29 is 4.74 Å². The Hall–Kier alpha value is -0.770. The molecule has 0 bridgehead atoms. The number of rotatable bonds is 0. The molecule has 0 aromatic heterocycles. The van der Waals surface area contributed by atoms with Gasteiger partial charge in [-0.15, -0.1) is 0 Å². The third-order valence-electron chi connectivity index (χ3n) is 2.67. The SMILES string of the molecule is C/N=C1\OC2CN(C)CC2N1C. The van der Waals surface area contributed by atoms with E-state index < -0.39 is 0 Å². The summed E-state index contributed by atoms with van der Waals surface area (Å²) in [5, 5.41) is 0.